The van der Waals surface area contributed by atoms with Gasteiger partial charge in [-0.2, -0.15) is 0 Å². The van der Waals surface area contributed by atoms with Gasteiger partial charge in [0.15, 0.2) is 0 Å². The van der Waals surface area contributed by atoms with Crippen LogP contribution >= 0.6 is 22.9 Å². The van der Waals surface area contributed by atoms with E-state index in [4.69, 9.17) is 22.2 Å². The molecule has 0 spiro atoms. The van der Waals surface area contributed by atoms with Crippen LogP contribution in [0.2, 0.25) is 4.34 Å². The van der Waals surface area contributed by atoms with Crippen LogP contribution in [0.5, 0.6) is 0 Å². The highest BCUT2D eigenvalue weighted by atomic mass is 35.5. The summed E-state index contributed by atoms with van der Waals surface area (Å²) >= 11 is 7.26. The molecule has 1 aromatic carbocycles. The lowest BCUT2D eigenvalue weighted by atomic mass is 9.98. The van der Waals surface area contributed by atoms with Crippen molar-refractivity contribution in [3.63, 3.8) is 0 Å². The van der Waals surface area contributed by atoms with Gasteiger partial charge in [-0.05, 0) is 36.2 Å². The van der Waals surface area contributed by atoms with Crippen molar-refractivity contribution in [3.8, 4) is 0 Å². The smallest absolute Gasteiger partial charge is 0.264 e. The Morgan fingerprint density at radius 3 is 2.70 bits per heavy atom. The lowest BCUT2D eigenvalue weighted by molar-refractivity contribution is -0.131. The minimum atomic E-state index is -0.764. The number of halogens is 2. The summed E-state index contributed by atoms with van der Waals surface area (Å²) in [5.74, 6) is -1.89. The molecule has 2 aromatic rings. The maximum Gasteiger partial charge on any atom is 0.264 e. The van der Waals surface area contributed by atoms with E-state index in [0.29, 0.717) is 22.9 Å². The van der Waals surface area contributed by atoms with E-state index in [0.717, 1.165) is 10.4 Å². The summed E-state index contributed by atoms with van der Waals surface area (Å²) < 4.78 is 13.6. The zero-order valence-corrected chi connectivity index (χ0v) is 15.7. The van der Waals surface area contributed by atoms with Crippen LogP contribution in [-0.2, 0) is 20.8 Å². The number of hydrogen-bond donors (Lipinski definition) is 2. The molecule has 0 aliphatic carbocycles. The highest BCUT2D eigenvalue weighted by Crippen LogP contribution is 2.26. The Bertz CT molecular complexity index is 869. The molecule has 0 fully saturated rings. The third-order valence-corrected chi connectivity index (χ3v) is 5.42. The third kappa shape index (κ3) is 5.05. The van der Waals surface area contributed by atoms with Gasteiger partial charge in [-0.25, -0.2) is 4.39 Å². The maximum absolute atomic E-state index is 13.0. The van der Waals surface area contributed by atoms with Crippen LogP contribution in [0.15, 0.2) is 41.6 Å². The molecule has 2 amide bonds. The zero-order chi connectivity index (χ0) is 19.4. The van der Waals surface area contributed by atoms with Crippen LogP contribution in [0.3, 0.4) is 0 Å². The van der Waals surface area contributed by atoms with Crippen LogP contribution in [0.25, 0.3) is 0 Å². The lowest BCUT2D eigenvalue weighted by Crippen LogP contribution is -2.41. The van der Waals surface area contributed by atoms with Crippen LogP contribution in [-0.4, -0.2) is 30.2 Å². The molecular weight excluding hydrogens is 393 g/mol. The van der Waals surface area contributed by atoms with E-state index < -0.39 is 17.9 Å². The second-order valence-electron chi connectivity index (χ2n) is 6.11. The summed E-state index contributed by atoms with van der Waals surface area (Å²) in [6.45, 7) is 0.0611. The number of benzene rings is 1. The second-order valence-corrected chi connectivity index (χ2v) is 7.83. The van der Waals surface area contributed by atoms with Crippen molar-refractivity contribution >= 4 is 40.5 Å². The standard InChI is InChI=1S/C18H17ClFN3O3S/c19-16-6-5-15(27-16)13-8-14(26-23-13)18(25)22-9-11(17(21)24)7-10-1-3-12(20)4-2-10/h1-6,11,14H,7-9H2,(H2,21,24)(H,22,25). The van der Waals surface area contributed by atoms with Gasteiger partial charge in [-0.3, -0.25) is 9.59 Å². The van der Waals surface area contributed by atoms with Crippen LogP contribution in [0, 0.1) is 11.7 Å². The van der Waals surface area contributed by atoms with Crippen molar-refractivity contribution in [2.45, 2.75) is 18.9 Å². The first kappa shape index (κ1) is 19.3. The topological polar surface area (TPSA) is 93.8 Å². The Labute approximate surface area is 164 Å². The Balaban J connectivity index is 1.52. The fourth-order valence-corrected chi connectivity index (χ4v) is 3.68. The Hall–Kier alpha value is -2.45. The van der Waals surface area contributed by atoms with E-state index in [1.807, 2.05) is 6.07 Å². The van der Waals surface area contributed by atoms with Gasteiger partial charge in [-0.1, -0.05) is 28.9 Å². The van der Waals surface area contributed by atoms with Crippen LogP contribution in [0.4, 0.5) is 4.39 Å². The molecule has 0 saturated heterocycles. The van der Waals surface area contributed by atoms with Gasteiger partial charge in [0.05, 0.1) is 15.1 Å². The van der Waals surface area contributed by atoms with Gasteiger partial charge in [0.2, 0.25) is 12.0 Å². The minimum absolute atomic E-state index is 0.0611. The van der Waals surface area contributed by atoms with Crippen molar-refractivity contribution in [3.05, 3.63) is 57.0 Å². The Morgan fingerprint density at radius 2 is 2.07 bits per heavy atom. The van der Waals surface area contributed by atoms with E-state index >= 15 is 0 Å². The summed E-state index contributed by atoms with van der Waals surface area (Å²) in [7, 11) is 0. The largest absolute Gasteiger partial charge is 0.382 e. The second kappa shape index (κ2) is 8.49. The first-order valence-electron chi connectivity index (χ1n) is 8.22. The van der Waals surface area contributed by atoms with Gasteiger partial charge in [0.25, 0.3) is 5.91 Å². The molecular formula is C18H17ClFN3O3S. The number of thiophene rings is 1. The van der Waals surface area contributed by atoms with Gasteiger partial charge >= 0.3 is 0 Å². The Kier molecular flexibility index (Phi) is 6.08. The highest BCUT2D eigenvalue weighted by molar-refractivity contribution is 7.18. The molecule has 2 unspecified atom stereocenters. The zero-order valence-electron chi connectivity index (χ0n) is 14.2. The van der Waals surface area contributed by atoms with E-state index in [9.17, 15) is 14.0 Å². The molecule has 2 atom stereocenters. The molecule has 27 heavy (non-hydrogen) atoms. The van der Waals surface area contributed by atoms with E-state index in [1.54, 1.807) is 18.2 Å². The number of nitrogens with zero attached hydrogens (tertiary/aromatic N) is 1. The van der Waals surface area contributed by atoms with E-state index in [1.165, 1.54) is 23.5 Å². The molecule has 2 heterocycles. The predicted octanol–water partition coefficient (Wildman–Crippen LogP) is 2.49. The monoisotopic (exact) mass is 409 g/mol. The highest BCUT2D eigenvalue weighted by Gasteiger charge is 2.30. The van der Waals surface area contributed by atoms with Gasteiger partial charge < -0.3 is 15.9 Å². The number of primary amides is 1. The number of hydrogen-bond acceptors (Lipinski definition) is 5. The van der Waals surface area contributed by atoms with Crippen molar-refractivity contribution in [2.75, 3.05) is 6.54 Å². The summed E-state index contributed by atoms with van der Waals surface area (Å²) in [6.07, 6.45) is -0.140. The molecule has 9 heteroatoms. The Morgan fingerprint density at radius 1 is 1.33 bits per heavy atom. The summed E-state index contributed by atoms with van der Waals surface area (Å²) in [5, 5.41) is 6.62. The number of carbonyl (C=O) groups is 2. The fourth-order valence-electron chi connectivity index (χ4n) is 2.65. The molecule has 142 valence electrons. The normalized spacial score (nSPS) is 17.1. The van der Waals surface area contributed by atoms with Crippen LogP contribution in [0.1, 0.15) is 16.9 Å². The van der Waals surface area contributed by atoms with Crippen molar-refractivity contribution in [1.82, 2.24) is 5.32 Å². The fraction of sp³-hybridized carbons (Fsp3) is 0.278. The van der Waals surface area contributed by atoms with E-state index in [2.05, 4.69) is 10.5 Å². The number of oxime groups is 1. The van der Waals surface area contributed by atoms with Crippen molar-refractivity contribution < 1.29 is 18.8 Å². The van der Waals surface area contributed by atoms with E-state index in [-0.39, 0.29) is 18.3 Å². The van der Waals surface area contributed by atoms with Gasteiger partial charge in [0.1, 0.15) is 11.5 Å². The predicted molar refractivity (Wildman–Crippen MR) is 101 cm³/mol. The van der Waals surface area contributed by atoms with Crippen molar-refractivity contribution in [1.29, 1.82) is 0 Å². The number of carbonyl (C=O) groups excluding carboxylic acids is 2. The average Bonchev–Trinajstić information content (AvgIpc) is 3.28. The lowest BCUT2D eigenvalue weighted by Gasteiger charge is -2.16. The first-order valence-corrected chi connectivity index (χ1v) is 9.41. The molecule has 1 aliphatic heterocycles. The van der Waals surface area contributed by atoms with Crippen LogP contribution < -0.4 is 11.1 Å². The van der Waals surface area contributed by atoms with Gasteiger partial charge in [-0.15, -0.1) is 11.3 Å². The summed E-state index contributed by atoms with van der Waals surface area (Å²) in [4.78, 5) is 30.0. The number of amides is 2. The molecule has 3 N–H and O–H groups in total. The minimum Gasteiger partial charge on any atom is -0.382 e. The molecule has 1 aromatic heterocycles. The molecule has 0 radical (unpaired) electrons. The first-order chi connectivity index (χ1) is 12.9. The summed E-state index contributed by atoms with van der Waals surface area (Å²) in [5.41, 5.74) is 6.84. The van der Waals surface area contributed by atoms with Gasteiger partial charge in [0, 0.05) is 13.0 Å². The molecule has 0 saturated carbocycles. The number of rotatable bonds is 7. The SMILES string of the molecule is NC(=O)C(CNC(=O)C1CC(c2ccc(Cl)s2)=NO1)Cc1ccc(F)cc1. The summed E-state index contributed by atoms with van der Waals surface area (Å²) in [6, 6.07) is 9.37. The quantitative estimate of drug-likeness (QED) is 0.735. The number of nitrogens with one attached hydrogen (secondary N) is 1. The molecule has 0 bridgehead atoms. The van der Waals surface area contributed by atoms with Crippen molar-refractivity contribution in [2.24, 2.45) is 16.8 Å². The molecule has 3 rings (SSSR count). The number of nitrogens with two attached hydrogens (primary N) is 1. The average molecular weight is 410 g/mol. The maximum atomic E-state index is 13.0. The molecule has 1 aliphatic rings. The third-order valence-electron chi connectivity index (χ3n) is 4.14. The molecule has 6 nitrogen and oxygen atoms in total.